The highest BCUT2D eigenvalue weighted by atomic mass is 35.5. The van der Waals surface area contributed by atoms with Gasteiger partial charge in [-0.05, 0) is 25.0 Å². The van der Waals surface area contributed by atoms with Crippen LogP contribution >= 0.6 is 24.2 Å². The number of halogens is 1. The number of amidine groups is 1. The monoisotopic (exact) mass is 230 g/mol. The van der Waals surface area contributed by atoms with E-state index in [-0.39, 0.29) is 17.6 Å². The van der Waals surface area contributed by atoms with E-state index in [9.17, 15) is 0 Å². The van der Waals surface area contributed by atoms with Gasteiger partial charge in [0.25, 0.3) is 0 Å². The van der Waals surface area contributed by atoms with Crippen LogP contribution in [0.25, 0.3) is 0 Å². The minimum Gasteiger partial charge on any atom is -0.379 e. The summed E-state index contributed by atoms with van der Waals surface area (Å²) in [6, 6.07) is 6.34. The molecule has 0 aliphatic rings. The lowest BCUT2D eigenvalue weighted by Gasteiger charge is -2.05. The minimum absolute atomic E-state index is 0. The minimum atomic E-state index is 0. The zero-order valence-electron chi connectivity index (χ0n) is 8.33. The Labute approximate surface area is 95.2 Å². The van der Waals surface area contributed by atoms with Gasteiger partial charge in [0.15, 0.2) is 5.17 Å². The van der Waals surface area contributed by atoms with E-state index >= 15 is 0 Å². The van der Waals surface area contributed by atoms with Crippen LogP contribution in [0.15, 0.2) is 18.2 Å². The first-order valence-electron chi connectivity index (χ1n) is 4.12. The number of nitrogens with two attached hydrogens (primary N) is 1. The third-order valence-electron chi connectivity index (χ3n) is 1.89. The van der Waals surface area contributed by atoms with Gasteiger partial charge in [-0.25, -0.2) is 0 Å². The molecule has 0 spiro atoms. The Morgan fingerprint density at radius 1 is 1.43 bits per heavy atom. The fourth-order valence-electron chi connectivity index (χ4n) is 1.11. The van der Waals surface area contributed by atoms with E-state index in [1.807, 2.05) is 0 Å². The van der Waals surface area contributed by atoms with Crippen molar-refractivity contribution in [1.82, 2.24) is 0 Å². The van der Waals surface area contributed by atoms with E-state index in [1.54, 1.807) is 0 Å². The van der Waals surface area contributed by atoms with E-state index in [0.717, 1.165) is 5.75 Å². The van der Waals surface area contributed by atoms with Crippen molar-refractivity contribution in [3.8, 4) is 0 Å². The molecular weight excluding hydrogens is 216 g/mol. The molecule has 14 heavy (non-hydrogen) atoms. The van der Waals surface area contributed by atoms with Crippen LogP contribution in [0, 0.1) is 19.3 Å². The third-order valence-corrected chi connectivity index (χ3v) is 2.65. The average molecular weight is 231 g/mol. The second kappa shape index (κ2) is 5.94. The SMILES string of the molecule is Cc1ccc(C)c(CSC(=N)N)c1.Cl. The van der Waals surface area contributed by atoms with Gasteiger partial charge in [-0.15, -0.1) is 12.4 Å². The third kappa shape index (κ3) is 4.03. The predicted octanol–water partition coefficient (Wildman–Crippen LogP) is 2.85. The molecule has 2 nitrogen and oxygen atoms in total. The van der Waals surface area contributed by atoms with E-state index in [1.165, 1.54) is 28.5 Å². The zero-order chi connectivity index (χ0) is 9.84. The predicted molar refractivity (Wildman–Crippen MR) is 66.4 cm³/mol. The summed E-state index contributed by atoms with van der Waals surface area (Å²) >= 11 is 1.37. The number of aryl methyl sites for hydroxylation is 2. The maximum atomic E-state index is 7.11. The van der Waals surface area contributed by atoms with Crippen LogP contribution in [0.4, 0.5) is 0 Å². The van der Waals surface area contributed by atoms with Crippen LogP contribution in [-0.2, 0) is 5.75 Å². The zero-order valence-corrected chi connectivity index (χ0v) is 9.97. The Morgan fingerprint density at radius 3 is 2.64 bits per heavy atom. The summed E-state index contributed by atoms with van der Waals surface area (Å²) in [7, 11) is 0. The Bertz CT molecular complexity index is 326. The van der Waals surface area contributed by atoms with Crippen LogP contribution in [0.5, 0.6) is 0 Å². The molecule has 78 valence electrons. The van der Waals surface area contributed by atoms with Crippen molar-refractivity contribution in [2.24, 2.45) is 5.73 Å². The van der Waals surface area contributed by atoms with Crippen LogP contribution < -0.4 is 5.73 Å². The molecule has 0 atom stereocenters. The summed E-state index contributed by atoms with van der Waals surface area (Å²) in [6.07, 6.45) is 0. The molecule has 0 saturated heterocycles. The van der Waals surface area contributed by atoms with Gasteiger partial charge >= 0.3 is 0 Å². The van der Waals surface area contributed by atoms with Crippen LogP contribution in [0.3, 0.4) is 0 Å². The van der Waals surface area contributed by atoms with Crippen LogP contribution in [-0.4, -0.2) is 5.17 Å². The molecule has 0 heterocycles. The first-order chi connectivity index (χ1) is 6.09. The lowest BCUT2D eigenvalue weighted by Crippen LogP contribution is -2.04. The molecule has 3 N–H and O–H groups in total. The normalized spacial score (nSPS) is 9.29. The lowest BCUT2D eigenvalue weighted by molar-refractivity contribution is 1.28. The second-order valence-electron chi connectivity index (χ2n) is 3.08. The Morgan fingerprint density at radius 2 is 2.07 bits per heavy atom. The molecule has 1 aromatic carbocycles. The number of nitrogens with one attached hydrogen (secondary N) is 1. The van der Waals surface area contributed by atoms with Crippen molar-refractivity contribution in [3.05, 3.63) is 34.9 Å². The molecule has 0 unspecified atom stereocenters. The number of hydrogen-bond acceptors (Lipinski definition) is 2. The topological polar surface area (TPSA) is 49.9 Å². The first kappa shape index (κ1) is 13.3. The van der Waals surface area contributed by atoms with E-state index < -0.39 is 0 Å². The molecule has 0 aliphatic carbocycles. The lowest BCUT2D eigenvalue weighted by atomic mass is 10.1. The largest absolute Gasteiger partial charge is 0.379 e. The molecule has 1 aromatic rings. The molecular formula is C10H15ClN2S. The van der Waals surface area contributed by atoms with Crippen molar-refractivity contribution in [2.45, 2.75) is 19.6 Å². The van der Waals surface area contributed by atoms with Crippen molar-refractivity contribution < 1.29 is 0 Å². The van der Waals surface area contributed by atoms with E-state index in [0.29, 0.717) is 0 Å². The molecule has 0 aliphatic heterocycles. The molecule has 0 saturated carbocycles. The van der Waals surface area contributed by atoms with Crippen LogP contribution in [0.1, 0.15) is 16.7 Å². The average Bonchev–Trinajstić information content (AvgIpc) is 2.06. The fourth-order valence-corrected chi connectivity index (χ4v) is 1.73. The fraction of sp³-hybridized carbons (Fsp3) is 0.300. The molecule has 1 rings (SSSR count). The highest BCUT2D eigenvalue weighted by Gasteiger charge is 1.99. The van der Waals surface area contributed by atoms with Gasteiger partial charge in [0.2, 0.25) is 0 Å². The Kier molecular flexibility index (Phi) is 5.65. The summed E-state index contributed by atoms with van der Waals surface area (Å²) in [5.41, 5.74) is 9.06. The summed E-state index contributed by atoms with van der Waals surface area (Å²) in [4.78, 5) is 0. The number of benzene rings is 1. The van der Waals surface area contributed by atoms with Gasteiger partial charge in [-0.2, -0.15) is 0 Å². The quantitative estimate of drug-likeness (QED) is 0.607. The van der Waals surface area contributed by atoms with Gasteiger partial charge < -0.3 is 5.73 Å². The number of hydrogen-bond donors (Lipinski definition) is 2. The second-order valence-corrected chi connectivity index (χ2v) is 4.10. The highest BCUT2D eigenvalue weighted by Crippen LogP contribution is 2.16. The molecule has 0 radical (unpaired) electrons. The highest BCUT2D eigenvalue weighted by molar-refractivity contribution is 8.13. The van der Waals surface area contributed by atoms with Gasteiger partial charge in [0.05, 0.1) is 0 Å². The molecule has 0 aromatic heterocycles. The Balaban J connectivity index is 0.00000169. The van der Waals surface area contributed by atoms with Crippen molar-refractivity contribution in [1.29, 1.82) is 5.41 Å². The van der Waals surface area contributed by atoms with E-state index in [4.69, 9.17) is 11.1 Å². The first-order valence-corrected chi connectivity index (χ1v) is 5.11. The molecule has 0 amide bonds. The van der Waals surface area contributed by atoms with Crippen LogP contribution in [0.2, 0.25) is 0 Å². The summed E-state index contributed by atoms with van der Waals surface area (Å²) in [5, 5.41) is 7.29. The van der Waals surface area contributed by atoms with Gasteiger partial charge in [-0.3, -0.25) is 5.41 Å². The Hall–Kier alpha value is -0.670. The number of thioether (sulfide) groups is 1. The smallest absolute Gasteiger partial charge is 0.151 e. The summed E-state index contributed by atoms with van der Waals surface area (Å²) in [5.74, 6) is 0.794. The molecule has 0 fully saturated rings. The van der Waals surface area contributed by atoms with Crippen molar-refractivity contribution in [3.63, 3.8) is 0 Å². The maximum absolute atomic E-state index is 7.11. The summed E-state index contributed by atoms with van der Waals surface area (Å²) in [6.45, 7) is 4.15. The van der Waals surface area contributed by atoms with Gasteiger partial charge in [0.1, 0.15) is 0 Å². The van der Waals surface area contributed by atoms with Crippen molar-refractivity contribution >= 4 is 29.3 Å². The summed E-state index contributed by atoms with van der Waals surface area (Å²) < 4.78 is 0. The van der Waals surface area contributed by atoms with Gasteiger partial charge in [-0.1, -0.05) is 35.5 Å². The van der Waals surface area contributed by atoms with Gasteiger partial charge in [0, 0.05) is 5.75 Å². The maximum Gasteiger partial charge on any atom is 0.151 e. The molecule has 4 heteroatoms. The standard InChI is InChI=1S/C10H14N2S.ClH/c1-7-3-4-8(2)9(5-7)6-13-10(11)12;/h3-5H,6H2,1-2H3,(H3,11,12);1H. The van der Waals surface area contributed by atoms with Crippen molar-refractivity contribution in [2.75, 3.05) is 0 Å². The van der Waals surface area contributed by atoms with E-state index in [2.05, 4.69) is 32.0 Å². The molecule has 0 bridgehead atoms. The number of rotatable bonds is 2.